The molecule has 1 aliphatic heterocycles. The molecule has 1 saturated heterocycles. The Labute approximate surface area is 201 Å². The lowest BCUT2D eigenvalue weighted by Crippen LogP contribution is -2.62. The van der Waals surface area contributed by atoms with Gasteiger partial charge in [0, 0.05) is 13.0 Å². The van der Waals surface area contributed by atoms with Crippen LogP contribution in [-0.2, 0) is 16.1 Å². The molecular formula is C21H29ClN4O6S. The Morgan fingerprint density at radius 2 is 2.06 bits per heavy atom. The first kappa shape index (κ1) is 25.6. The number of carbonyl (C=O) groups is 1. The van der Waals surface area contributed by atoms with E-state index in [4.69, 9.17) is 33.3 Å². The molecule has 0 spiro atoms. The first-order valence-electron chi connectivity index (χ1n) is 10.7. The molecule has 33 heavy (non-hydrogen) atoms. The van der Waals surface area contributed by atoms with Crippen LogP contribution >= 0.6 is 23.8 Å². The van der Waals surface area contributed by atoms with Crippen LogP contribution in [0.2, 0.25) is 5.02 Å². The van der Waals surface area contributed by atoms with Crippen molar-refractivity contribution in [1.29, 1.82) is 0 Å². The summed E-state index contributed by atoms with van der Waals surface area (Å²) in [4.78, 5) is 11.8. The zero-order chi connectivity index (χ0) is 24.3. The van der Waals surface area contributed by atoms with Gasteiger partial charge in [-0.3, -0.25) is 9.36 Å². The second-order valence-electron chi connectivity index (χ2n) is 7.94. The Morgan fingerprint density at radius 1 is 1.36 bits per heavy atom. The molecule has 12 heteroatoms. The quantitative estimate of drug-likeness (QED) is 0.403. The van der Waals surface area contributed by atoms with Crippen molar-refractivity contribution in [2.45, 2.75) is 70.4 Å². The molecule has 0 saturated carbocycles. The number of benzene rings is 1. The zero-order valence-corrected chi connectivity index (χ0v) is 20.2. The minimum Gasteiger partial charge on any atom is -0.484 e. The highest BCUT2D eigenvalue weighted by Crippen LogP contribution is 2.30. The number of nitrogens with zero attached hydrogens (tertiary/aromatic N) is 3. The standard InChI is InChI=1S/C21H29ClN4O6S/c1-4-11(2)25-16(10-31-14-8-6-5-7-13(14)22)24-26(21(25)33)20-17(23-12(3)28)19(30)18(29)15(9-27)32-20/h5-8,11,15,17-20,27,29-30H,4,9-10H2,1-3H3,(H,23,28)/t11?,15-,17-,18-,19-,20-/m1/s1. The Morgan fingerprint density at radius 3 is 2.67 bits per heavy atom. The molecule has 1 aromatic carbocycles. The number of amides is 1. The summed E-state index contributed by atoms with van der Waals surface area (Å²) < 4.78 is 15.2. The van der Waals surface area contributed by atoms with Gasteiger partial charge < -0.3 is 30.1 Å². The molecule has 1 unspecified atom stereocenters. The van der Waals surface area contributed by atoms with Crippen LogP contribution in [0.25, 0.3) is 0 Å². The molecule has 0 radical (unpaired) electrons. The molecular weight excluding hydrogens is 472 g/mol. The number of hydrogen-bond acceptors (Lipinski definition) is 8. The van der Waals surface area contributed by atoms with Gasteiger partial charge in [0.15, 0.2) is 12.1 Å². The maximum Gasteiger partial charge on any atom is 0.217 e. The van der Waals surface area contributed by atoms with Crippen molar-refractivity contribution < 1.29 is 29.6 Å². The molecule has 182 valence electrons. The van der Waals surface area contributed by atoms with E-state index in [1.54, 1.807) is 24.3 Å². The van der Waals surface area contributed by atoms with Gasteiger partial charge in [-0.2, -0.15) is 5.10 Å². The molecule has 4 N–H and O–H groups in total. The smallest absolute Gasteiger partial charge is 0.217 e. The largest absolute Gasteiger partial charge is 0.484 e. The number of aliphatic hydroxyl groups excluding tert-OH is 3. The molecule has 0 aliphatic carbocycles. The molecule has 3 rings (SSSR count). The summed E-state index contributed by atoms with van der Waals surface area (Å²) in [6.07, 6.45) is -4.23. The number of aliphatic hydroxyl groups is 3. The lowest BCUT2D eigenvalue weighted by molar-refractivity contribution is -0.219. The molecule has 2 aromatic rings. The highest BCUT2D eigenvalue weighted by atomic mass is 35.5. The molecule has 1 aromatic heterocycles. The van der Waals surface area contributed by atoms with Crippen LogP contribution in [0.4, 0.5) is 0 Å². The highest BCUT2D eigenvalue weighted by Gasteiger charge is 2.46. The Bertz CT molecular complexity index is 1030. The second kappa shape index (κ2) is 10.9. The summed E-state index contributed by atoms with van der Waals surface area (Å²) in [5.41, 5.74) is 0. The Kier molecular flexibility index (Phi) is 8.48. The van der Waals surface area contributed by atoms with Gasteiger partial charge in [-0.15, -0.1) is 0 Å². The number of halogens is 1. The van der Waals surface area contributed by atoms with Crippen molar-refractivity contribution in [3.63, 3.8) is 0 Å². The Balaban J connectivity index is 2.02. The molecule has 1 amide bonds. The van der Waals surface area contributed by atoms with E-state index in [1.807, 2.05) is 18.4 Å². The molecule has 1 fully saturated rings. The maximum atomic E-state index is 11.8. The van der Waals surface area contributed by atoms with Gasteiger partial charge in [0.05, 0.1) is 11.6 Å². The summed E-state index contributed by atoms with van der Waals surface area (Å²) in [5, 5.41) is 38.2. The van der Waals surface area contributed by atoms with Crippen molar-refractivity contribution in [3.8, 4) is 5.75 Å². The third-order valence-electron chi connectivity index (χ3n) is 5.64. The van der Waals surface area contributed by atoms with E-state index in [0.717, 1.165) is 6.42 Å². The third kappa shape index (κ3) is 5.39. The van der Waals surface area contributed by atoms with E-state index in [2.05, 4.69) is 10.4 Å². The minimum absolute atomic E-state index is 0.0388. The average Bonchev–Trinajstić information content (AvgIpc) is 3.11. The van der Waals surface area contributed by atoms with Gasteiger partial charge in [0.1, 0.15) is 36.7 Å². The molecule has 1 aliphatic rings. The van der Waals surface area contributed by atoms with Crippen LogP contribution < -0.4 is 10.1 Å². The van der Waals surface area contributed by atoms with Crippen LogP contribution in [0, 0.1) is 4.77 Å². The number of nitrogens with one attached hydrogen (secondary N) is 1. The van der Waals surface area contributed by atoms with E-state index in [0.29, 0.717) is 16.6 Å². The summed E-state index contributed by atoms with van der Waals surface area (Å²) in [5.74, 6) is 0.539. The lowest BCUT2D eigenvalue weighted by Gasteiger charge is -2.42. The number of aromatic nitrogens is 3. The zero-order valence-electron chi connectivity index (χ0n) is 18.6. The molecule has 2 heterocycles. The van der Waals surface area contributed by atoms with Crippen molar-refractivity contribution >= 4 is 29.7 Å². The van der Waals surface area contributed by atoms with Gasteiger partial charge in [-0.05, 0) is 37.7 Å². The fourth-order valence-corrected chi connectivity index (χ4v) is 4.35. The van der Waals surface area contributed by atoms with E-state index < -0.39 is 43.1 Å². The summed E-state index contributed by atoms with van der Waals surface area (Å²) in [6, 6.07) is 5.96. The van der Waals surface area contributed by atoms with E-state index >= 15 is 0 Å². The van der Waals surface area contributed by atoms with Crippen LogP contribution in [0.5, 0.6) is 5.75 Å². The maximum absolute atomic E-state index is 11.8. The molecule has 0 bridgehead atoms. The van der Waals surface area contributed by atoms with Gasteiger partial charge in [-0.1, -0.05) is 30.7 Å². The van der Waals surface area contributed by atoms with Crippen molar-refractivity contribution in [3.05, 3.63) is 39.9 Å². The van der Waals surface area contributed by atoms with Gasteiger partial charge >= 0.3 is 0 Å². The van der Waals surface area contributed by atoms with Gasteiger partial charge in [0.25, 0.3) is 0 Å². The summed E-state index contributed by atoms with van der Waals surface area (Å²) >= 11 is 11.9. The number of carbonyl (C=O) groups excluding carboxylic acids is 1. The van der Waals surface area contributed by atoms with E-state index in [1.165, 1.54) is 11.6 Å². The second-order valence-corrected chi connectivity index (χ2v) is 8.72. The first-order chi connectivity index (χ1) is 15.7. The summed E-state index contributed by atoms with van der Waals surface area (Å²) in [7, 11) is 0. The fourth-order valence-electron chi connectivity index (χ4n) is 3.73. The minimum atomic E-state index is -1.41. The fraction of sp³-hybridized carbons (Fsp3) is 0.571. The highest BCUT2D eigenvalue weighted by molar-refractivity contribution is 7.71. The van der Waals surface area contributed by atoms with Crippen LogP contribution in [0.15, 0.2) is 24.3 Å². The number of hydrogen-bond donors (Lipinski definition) is 4. The SMILES string of the molecule is CCC(C)n1c(COc2ccccc2Cl)nn([C@@H]2O[C@H](CO)[C@@H](O)[C@H](O)[C@H]2NC(C)=O)c1=S. The number of rotatable bonds is 8. The van der Waals surface area contributed by atoms with Crippen LogP contribution in [-0.4, -0.2) is 66.5 Å². The van der Waals surface area contributed by atoms with Crippen molar-refractivity contribution in [2.75, 3.05) is 6.61 Å². The van der Waals surface area contributed by atoms with E-state index in [-0.39, 0.29) is 17.4 Å². The van der Waals surface area contributed by atoms with Gasteiger partial charge in [0.2, 0.25) is 10.7 Å². The normalized spacial score (nSPS) is 26.1. The van der Waals surface area contributed by atoms with Gasteiger partial charge in [-0.25, -0.2) is 4.68 Å². The predicted octanol–water partition coefficient (Wildman–Crippen LogP) is 1.73. The first-order valence-corrected chi connectivity index (χ1v) is 11.4. The number of para-hydroxylation sites is 1. The molecule has 6 atom stereocenters. The van der Waals surface area contributed by atoms with Crippen molar-refractivity contribution in [2.24, 2.45) is 0 Å². The summed E-state index contributed by atoms with van der Waals surface area (Å²) in [6.45, 7) is 4.78. The third-order valence-corrected chi connectivity index (χ3v) is 6.34. The monoisotopic (exact) mass is 500 g/mol. The average molecular weight is 501 g/mol. The molecule has 10 nitrogen and oxygen atoms in total. The predicted molar refractivity (Wildman–Crippen MR) is 122 cm³/mol. The topological polar surface area (TPSA) is 131 Å². The van der Waals surface area contributed by atoms with E-state index in [9.17, 15) is 20.1 Å². The number of ether oxygens (including phenoxy) is 2. The Hall–Kier alpha value is -2.02. The van der Waals surface area contributed by atoms with Crippen LogP contribution in [0.1, 0.15) is 45.3 Å². The van der Waals surface area contributed by atoms with Crippen molar-refractivity contribution in [1.82, 2.24) is 19.7 Å². The lowest BCUT2D eigenvalue weighted by atomic mass is 9.96. The van der Waals surface area contributed by atoms with Crippen LogP contribution in [0.3, 0.4) is 0 Å².